The second-order valence-corrected chi connectivity index (χ2v) is 16.7. The number of nitrogens with two attached hydrogens (primary N) is 1. The fourth-order valence-corrected chi connectivity index (χ4v) is 7.60. The molecular formula is C49H60N4O12. The summed E-state index contributed by atoms with van der Waals surface area (Å²) in [6.07, 6.45) is -1.05. The Morgan fingerprint density at radius 2 is 1.51 bits per heavy atom. The van der Waals surface area contributed by atoms with Gasteiger partial charge in [0.15, 0.2) is 11.6 Å². The van der Waals surface area contributed by atoms with Crippen molar-refractivity contribution < 1.29 is 57.7 Å². The number of likely N-dealkylation sites (tertiary alicyclic amines) is 1. The molecule has 3 aromatic carbocycles. The Bertz CT molecular complexity index is 2140. The third-order valence-corrected chi connectivity index (χ3v) is 11.0. The summed E-state index contributed by atoms with van der Waals surface area (Å²) in [6.45, 7) is 5.95. The number of esters is 1. The van der Waals surface area contributed by atoms with Gasteiger partial charge in [0.25, 0.3) is 5.91 Å². The number of Topliss-reactive ketones (excluding diaryl/α,β-unsaturated/α-hetero) is 3. The van der Waals surface area contributed by atoms with Crippen LogP contribution in [-0.4, -0.2) is 94.8 Å². The first-order valence-electron chi connectivity index (χ1n) is 22.0. The Labute approximate surface area is 379 Å². The predicted molar refractivity (Wildman–Crippen MR) is 238 cm³/mol. The van der Waals surface area contributed by atoms with E-state index >= 15 is 0 Å². The Balaban J connectivity index is 1.49. The van der Waals surface area contributed by atoms with E-state index in [4.69, 9.17) is 15.2 Å². The SMILES string of the molecule is CCCC(CC(=O)[C@@H]1C[C@@H](OCc2ccccc2)CN1C(=O)[C@H](CCCNC(=O)c1cccc(C(=O)O)c1)CC(=O)OCC(C)C)C(=O)C(=O)CCC(=O)N[C@H](C(N)=O)c1ccccc1. The molecule has 5 atom stereocenters. The molecule has 1 heterocycles. The number of carbonyl (C=O) groups is 9. The van der Waals surface area contributed by atoms with Gasteiger partial charge in [0.1, 0.15) is 6.04 Å². The molecule has 1 aliphatic rings. The largest absolute Gasteiger partial charge is 0.478 e. The van der Waals surface area contributed by atoms with Gasteiger partial charge in [-0.05, 0) is 54.5 Å². The molecule has 65 heavy (non-hydrogen) atoms. The zero-order valence-electron chi connectivity index (χ0n) is 37.2. The lowest BCUT2D eigenvalue weighted by Crippen LogP contribution is -2.45. The van der Waals surface area contributed by atoms with Crippen molar-refractivity contribution >= 4 is 52.9 Å². The lowest BCUT2D eigenvalue weighted by atomic mass is 9.87. The smallest absolute Gasteiger partial charge is 0.335 e. The monoisotopic (exact) mass is 896 g/mol. The standard InChI is InChI=1S/C49H60N4O12/c1-4-13-34(45(58)40(54)21-22-42(56)52-44(46(50)59)33-16-9-6-10-17-33)25-41(55)39-27-38(64-30-32-14-7-5-8-15-32)28-53(39)48(61)36(26-43(57)65-29-31(2)3)20-12-23-51-47(60)35-18-11-19-37(24-35)49(62)63/h5-11,14-19,24,31,34,36,38-39,44H,4,12-13,20-23,25-30H2,1-3H3,(H2,50,59)(H,51,60)(H,52,56)(H,62,63)/t34?,36-,38-,39+,44+/m1/s1. The van der Waals surface area contributed by atoms with E-state index in [1.807, 2.05) is 44.2 Å². The second kappa shape index (κ2) is 25.7. The summed E-state index contributed by atoms with van der Waals surface area (Å²) in [5.41, 5.74) is 6.92. The van der Waals surface area contributed by atoms with Crippen molar-refractivity contribution in [3.8, 4) is 0 Å². The maximum absolute atomic E-state index is 14.6. The van der Waals surface area contributed by atoms with Crippen molar-refractivity contribution in [1.82, 2.24) is 15.5 Å². The maximum atomic E-state index is 14.6. The highest BCUT2D eigenvalue weighted by molar-refractivity contribution is 6.38. The Hall–Kier alpha value is -6.55. The van der Waals surface area contributed by atoms with Gasteiger partial charge in [-0.15, -0.1) is 0 Å². The number of hydrogen-bond donors (Lipinski definition) is 4. The number of carboxylic acids is 1. The third kappa shape index (κ3) is 16.2. The number of benzene rings is 3. The van der Waals surface area contributed by atoms with Crippen LogP contribution in [0.1, 0.15) is 116 Å². The van der Waals surface area contributed by atoms with Crippen LogP contribution in [0.2, 0.25) is 0 Å². The van der Waals surface area contributed by atoms with Crippen molar-refractivity contribution in [3.63, 3.8) is 0 Å². The van der Waals surface area contributed by atoms with E-state index in [0.29, 0.717) is 12.0 Å². The van der Waals surface area contributed by atoms with Gasteiger partial charge in [-0.1, -0.05) is 93.9 Å². The van der Waals surface area contributed by atoms with E-state index < -0.39 is 95.8 Å². The van der Waals surface area contributed by atoms with Gasteiger partial charge in [-0.2, -0.15) is 0 Å². The lowest BCUT2D eigenvalue weighted by molar-refractivity contribution is -0.151. The molecule has 4 rings (SSSR count). The molecule has 0 saturated carbocycles. The van der Waals surface area contributed by atoms with Crippen LogP contribution in [0, 0.1) is 17.8 Å². The quantitative estimate of drug-likeness (QED) is 0.0453. The molecule has 0 aliphatic carbocycles. The van der Waals surface area contributed by atoms with Gasteiger partial charge in [0.2, 0.25) is 23.5 Å². The van der Waals surface area contributed by atoms with Crippen molar-refractivity contribution in [1.29, 1.82) is 0 Å². The minimum Gasteiger partial charge on any atom is -0.478 e. The summed E-state index contributed by atoms with van der Waals surface area (Å²) in [7, 11) is 0. The first-order chi connectivity index (χ1) is 31.1. The zero-order chi connectivity index (χ0) is 47.5. The number of ketones is 3. The second-order valence-electron chi connectivity index (χ2n) is 16.7. The number of nitrogens with one attached hydrogen (secondary N) is 2. The molecular weight excluding hydrogens is 837 g/mol. The topological polar surface area (TPSA) is 246 Å². The normalized spacial score (nSPS) is 15.9. The van der Waals surface area contributed by atoms with Crippen LogP contribution in [0.5, 0.6) is 0 Å². The number of ether oxygens (including phenoxy) is 2. The van der Waals surface area contributed by atoms with E-state index in [1.165, 1.54) is 29.2 Å². The van der Waals surface area contributed by atoms with Gasteiger partial charge in [-0.3, -0.25) is 38.4 Å². The van der Waals surface area contributed by atoms with Crippen LogP contribution in [0.4, 0.5) is 0 Å². The average molecular weight is 897 g/mol. The van der Waals surface area contributed by atoms with Crippen LogP contribution in [0.3, 0.4) is 0 Å². The summed E-state index contributed by atoms with van der Waals surface area (Å²) in [6, 6.07) is 21.0. The van der Waals surface area contributed by atoms with E-state index in [-0.39, 0.29) is 81.9 Å². The fourth-order valence-electron chi connectivity index (χ4n) is 7.60. The Kier molecular flexibility index (Phi) is 20.2. The number of amides is 4. The summed E-state index contributed by atoms with van der Waals surface area (Å²) >= 11 is 0. The van der Waals surface area contributed by atoms with Crippen molar-refractivity contribution in [2.24, 2.45) is 23.5 Å². The number of carboxylic acid groups (broad SMARTS) is 1. The zero-order valence-corrected chi connectivity index (χ0v) is 37.2. The first-order valence-corrected chi connectivity index (χ1v) is 22.0. The molecule has 5 N–H and O–H groups in total. The van der Waals surface area contributed by atoms with Gasteiger partial charge in [-0.25, -0.2) is 4.79 Å². The highest BCUT2D eigenvalue weighted by Crippen LogP contribution is 2.30. The molecule has 1 saturated heterocycles. The van der Waals surface area contributed by atoms with Crippen LogP contribution in [0.15, 0.2) is 84.9 Å². The molecule has 16 nitrogen and oxygen atoms in total. The van der Waals surface area contributed by atoms with Crippen molar-refractivity contribution in [2.75, 3.05) is 19.7 Å². The molecule has 1 unspecified atom stereocenters. The summed E-state index contributed by atoms with van der Waals surface area (Å²) in [4.78, 5) is 120. The van der Waals surface area contributed by atoms with Crippen molar-refractivity contribution in [3.05, 3.63) is 107 Å². The molecule has 0 bridgehead atoms. The molecule has 1 fully saturated rings. The molecule has 0 radical (unpaired) electrons. The van der Waals surface area contributed by atoms with E-state index in [9.17, 15) is 48.3 Å². The van der Waals surface area contributed by atoms with E-state index in [2.05, 4.69) is 10.6 Å². The highest BCUT2D eigenvalue weighted by Gasteiger charge is 2.43. The minimum atomic E-state index is -1.18. The Morgan fingerprint density at radius 1 is 0.831 bits per heavy atom. The third-order valence-electron chi connectivity index (χ3n) is 11.0. The van der Waals surface area contributed by atoms with Gasteiger partial charge in [0.05, 0.1) is 37.3 Å². The average Bonchev–Trinajstić information content (AvgIpc) is 3.74. The Morgan fingerprint density at radius 3 is 2.15 bits per heavy atom. The highest BCUT2D eigenvalue weighted by atomic mass is 16.5. The maximum Gasteiger partial charge on any atom is 0.335 e. The molecule has 4 amide bonds. The lowest BCUT2D eigenvalue weighted by Gasteiger charge is -2.28. The molecule has 1 aliphatic heterocycles. The summed E-state index contributed by atoms with van der Waals surface area (Å²) in [5, 5.41) is 14.6. The predicted octanol–water partition coefficient (Wildman–Crippen LogP) is 4.92. The van der Waals surface area contributed by atoms with Crippen molar-refractivity contribution in [2.45, 2.75) is 103 Å². The number of carbonyl (C=O) groups excluding carboxylic acids is 8. The summed E-state index contributed by atoms with van der Waals surface area (Å²) < 4.78 is 11.7. The fraction of sp³-hybridized carbons (Fsp3) is 0.449. The van der Waals surface area contributed by atoms with Gasteiger partial charge >= 0.3 is 11.9 Å². The van der Waals surface area contributed by atoms with E-state index in [0.717, 1.165) is 5.56 Å². The summed E-state index contributed by atoms with van der Waals surface area (Å²) in [5.74, 6) is -8.42. The van der Waals surface area contributed by atoms with Gasteiger partial charge < -0.3 is 35.8 Å². The first kappa shape index (κ1) is 51.1. The number of hydrogen-bond acceptors (Lipinski definition) is 11. The molecule has 348 valence electrons. The molecule has 0 aromatic heterocycles. The van der Waals surface area contributed by atoms with Crippen LogP contribution >= 0.6 is 0 Å². The van der Waals surface area contributed by atoms with Crippen LogP contribution in [0.25, 0.3) is 0 Å². The van der Waals surface area contributed by atoms with Gasteiger partial charge in [0, 0.05) is 56.2 Å². The minimum absolute atomic E-state index is 0.00593. The molecule has 3 aromatic rings. The number of primary amides is 1. The number of nitrogens with zero attached hydrogens (tertiary/aromatic N) is 1. The molecule has 16 heteroatoms. The number of rotatable bonds is 27. The van der Waals surface area contributed by atoms with E-state index in [1.54, 1.807) is 37.3 Å². The molecule has 0 spiro atoms. The van der Waals surface area contributed by atoms with Crippen LogP contribution < -0.4 is 16.4 Å². The number of aromatic carboxylic acids is 1. The van der Waals surface area contributed by atoms with Crippen LogP contribution in [-0.2, 0) is 49.6 Å².